The van der Waals surface area contributed by atoms with Crippen molar-refractivity contribution in [2.24, 2.45) is 17.8 Å². The molecule has 0 aromatic carbocycles. The van der Waals surface area contributed by atoms with Gasteiger partial charge in [0.15, 0.2) is 0 Å². The van der Waals surface area contributed by atoms with E-state index in [-0.39, 0.29) is 11.8 Å². The lowest BCUT2D eigenvalue weighted by Gasteiger charge is -2.23. The fourth-order valence-electron chi connectivity index (χ4n) is 2.50. The number of fused-ring (bicyclic) bond motifs is 1. The molecule has 2 fully saturated rings. The third-order valence-electron chi connectivity index (χ3n) is 3.53. The fraction of sp³-hybridized carbons (Fsp3) is 0.818. The molecule has 1 unspecified atom stereocenters. The molecule has 1 saturated carbocycles. The van der Waals surface area contributed by atoms with E-state index in [0.29, 0.717) is 11.8 Å². The van der Waals surface area contributed by atoms with E-state index in [2.05, 4.69) is 15.4 Å². The van der Waals surface area contributed by atoms with Crippen LogP contribution in [0.2, 0.25) is 0 Å². The van der Waals surface area contributed by atoms with Crippen LogP contribution in [-0.4, -0.2) is 37.6 Å². The van der Waals surface area contributed by atoms with Crippen LogP contribution >= 0.6 is 0 Å². The molecule has 90 valence electrons. The number of ether oxygens (including phenoxy) is 1. The summed E-state index contributed by atoms with van der Waals surface area (Å²) in [6.45, 7) is 5.16. The molecule has 2 N–H and O–H groups in total. The van der Waals surface area contributed by atoms with E-state index in [9.17, 15) is 9.59 Å². The first-order valence-electron chi connectivity index (χ1n) is 5.58. The van der Waals surface area contributed by atoms with Crippen molar-refractivity contribution < 1.29 is 14.3 Å². The number of amides is 1. The zero-order valence-electron chi connectivity index (χ0n) is 9.87. The fourth-order valence-corrected chi connectivity index (χ4v) is 2.50. The van der Waals surface area contributed by atoms with Crippen LogP contribution in [0.25, 0.3) is 0 Å². The van der Waals surface area contributed by atoms with Crippen LogP contribution in [0.5, 0.6) is 0 Å². The summed E-state index contributed by atoms with van der Waals surface area (Å²) in [5.41, 5.74) is -0.934. The highest BCUT2D eigenvalue weighted by Crippen LogP contribution is 2.48. The van der Waals surface area contributed by atoms with Gasteiger partial charge in [-0.15, -0.1) is 0 Å². The Morgan fingerprint density at radius 2 is 1.88 bits per heavy atom. The lowest BCUT2D eigenvalue weighted by molar-refractivity contribution is -0.149. The van der Waals surface area contributed by atoms with E-state index in [1.807, 2.05) is 0 Å². The molecule has 16 heavy (non-hydrogen) atoms. The van der Waals surface area contributed by atoms with Crippen molar-refractivity contribution in [3.8, 4) is 0 Å². The molecule has 0 aromatic heterocycles. The molecule has 2 rings (SSSR count). The Balaban J connectivity index is 1.90. The number of nitrogens with one attached hydrogen (secondary N) is 2. The molecule has 3 atom stereocenters. The summed E-state index contributed by atoms with van der Waals surface area (Å²) in [6.07, 6.45) is 0. The number of carbonyl (C=O) groups is 2. The van der Waals surface area contributed by atoms with Gasteiger partial charge in [-0.1, -0.05) is 0 Å². The predicted molar refractivity (Wildman–Crippen MR) is 57.6 cm³/mol. The van der Waals surface area contributed by atoms with Crippen LogP contribution in [0, 0.1) is 17.8 Å². The second-order valence-corrected chi connectivity index (χ2v) is 5.12. The Hall–Kier alpha value is -1.10. The van der Waals surface area contributed by atoms with Crippen LogP contribution < -0.4 is 10.6 Å². The molecular formula is C11H18N2O3. The van der Waals surface area contributed by atoms with E-state index in [4.69, 9.17) is 0 Å². The lowest BCUT2D eigenvalue weighted by atomic mass is 10.1. The molecule has 1 saturated heterocycles. The first kappa shape index (κ1) is 11.4. The van der Waals surface area contributed by atoms with E-state index >= 15 is 0 Å². The maximum atomic E-state index is 11.9. The first-order chi connectivity index (χ1) is 7.47. The number of carbonyl (C=O) groups excluding carboxylic acids is 2. The van der Waals surface area contributed by atoms with Crippen LogP contribution in [0.3, 0.4) is 0 Å². The number of esters is 1. The highest BCUT2D eigenvalue weighted by Gasteiger charge is 2.57. The standard InChI is InChI=1S/C11H18N2O3/c1-11(2,10(15)16-3)13-9(14)8-6-4-12-5-7(6)8/h6-8,12H,4-5H2,1-3H3,(H,13,14)/t6-,7+,8?. The monoisotopic (exact) mass is 226 g/mol. The van der Waals surface area contributed by atoms with Crippen LogP contribution in [-0.2, 0) is 14.3 Å². The molecule has 5 nitrogen and oxygen atoms in total. The minimum absolute atomic E-state index is 0.0214. The maximum absolute atomic E-state index is 11.9. The Labute approximate surface area is 94.9 Å². The molecule has 0 aromatic rings. The third-order valence-corrected chi connectivity index (χ3v) is 3.53. The SMILES string of the molecule is COC(=O)C(C)(C)NC(=O)C1[C@H]2CNC[C@@H]12. The van der Waals surface area contributed by atoms with Gasteiger partial charge in [-0.25, -0.2) is 4.79 Å². The molecule has 2 aliphatic rings. The first-order valence-corrected chi connectivity index (χ1v) is 5.58. The molecule has 0 radical (unpaired) electrons. The topological polar surface area (TPSA) is 67.4 Å². The maximum Gasteiger partial charge on any atom is 0.330 e. The number of hydrogen-bond donors (Lipinski definition) is 2. The van der Waals surface area contributed by atoms with Crippen LogP contribution in [0.1, 0.15) is 13.8 Å². The average Bonchev–Trinajstić information content (AvgIpc) is 2.72. The minimum atomic E-state index is -0.934. The molecule has 1 heterocycles. The van der Waals surface area contributed by atoms with Gasteiger partial charge in [0.2, 0.25) is 5.91 Å². The Bertz CT molecular complexity index is 317. The van der Waals surface area contributed by atoms with Gasteiger partial charge < -0.3 is 15.4 Å². The zero-order chi connectivity index (χ0) is 11.9. The van der Waals surface area contributed by atoms with Gasteiger partial charge in [-0.05, 0) is 38.8 Å². The number of piperidine rings is 1. The van der Waals surface area contributed by atoms with Crippen molar-refractivity contribution in [1.29, 1.82) is 0 Å². The number of methoxy groups -OCH3 is 1. The molecule has 0 spiro atoms. The van der Waals surface area contributed by atoms with Gasteiger partial charge in [0.25, 0.3) is 0 Å². The number of rotatable bonds is 3. The van der Waals surface area contributed by atoms with E-state index in [0.717, 1.165) is 13.1 Å². The average molecular weight is 226 g/mol. The highest BCUT2D eigenvalue weighted by molar-refractivity contribution is 5.90. The summed E-state index contributed by atoms with van der Waals surface area (Å²) in [6, 6.07) is 0. The number of hydrogen-bond acceptors (Lipinski definition) is 4. The third kappa shape index (κ3) is 1.80. The van der Waals surface area contributed by atoms with Gasteiger partial charge in [-0.2, -0.15) is 0 Å². The van der Waals surface area contributed by atoms with Gasteiger partial charge in [-0.3, -0.25) is 4.79 Å². The van der Waals surface area contributed by atoms with E-state index in [1.54, 1.807) is 13.8 Å². The van der Waals surface area contributed by atoms with Crippen molar-refractivity contribution in [1.82, 2.24) is 10.6 Å². The van der Waals surface area contributed by atoms with Crippen molar-refractivity contribution in [2.75, 3.05) is 20.2 Å². The van der Waals surface area contributed by atoms with Crippen LogP contribution in [0.4, 0.5) is 0 Å². The smallest absolute Gasteiger partial charge is 0.330 e. The van der Waals surface area contributed by atoms with Gasteiger partial charge in [0, 0.05) is 5.92 Å². The Morgan fingerprint density at radius 1 is 1.31 bits per heavy atom. The van der Waals surface area contributed by atoms with Gasteiger partial charge in [0.05, 0.1) is 7.11 Å². The Kier molecular flexibility index (Phi) is 2.66. The largest absolute Gasteiger partial charge is 0.467 e. The highest BCUT2D eigenvalue weighted by atomic mass is 16.5. The molecule has 1 amide bonds. The second-order valence-electron chi connectivity index (χ2n) is 5.12. The Morgan fingerprint density at radius 3 is 2.38 bits per heavy atom. The predicted octanol–water partition coefficient (Wildman–Crippen LogP) is -0.480. The normalized spacial score (nSPS) is 31.8. The summed E-state index contributed by atoms with van der Waals surface area (Å²) in [7, 11) is 1.33. The summed E-state index contributed by atoms with van der Waals surface area (Å²) in [4.78, 5) is 23.3. The summed E-state index contributed by atoms with van der Waals surface area (Å²) in [5.74, 6) is 0.587. The summed E-state index contributed by atoms with van der Waals surface area (Å²) in [5, 5.41) is 5.99. The molecule has 1 aliphatic carbocycles. The van der Waals surface area contributed by atoms with E-state index < -0.39 is 11.5 Å². The lowest BCUT2D eigenvalue weighted by Crippen LogP contribution is -2.51. The van der Waals surface area contributed by atoms with Crippen molar-refractivity contribution in [3.63, 3.8) is 0 Å². The molecule has 5 heteroatoms. The van der Waals surface area contributed by atoms with Crippen molar-refractivity contribution >= 4 is 11.9 Å². The second kappa shape index (κ2) is 3.73. The minimum Gasteiger partial charge on any atom is -0.467 e. The van der Waals surface area contributed by atoms with E-state index in [1.165, 1.54) is 7.11 Å². The quantitative estimate of drug-likeness (QED) is 0.638. The summed E-state index contributed by atoms with van der Waals surface area (Å²) < 4.78 is 4.64. The van der Waals surface area contributed by atoms with Crippen molar-refractivity contribution in [3.05, 3.63) is 0 Å². The molecule has 1 aliphatic heterocycles. The van der Waals surface area contributed by atoms with Crippen molar-refractivity contribution in [2.45, 2.75) is 19.4 Å². The van der Waals surface area contributed by atoms with Crippen LogP contribution in [0.15, 0.2) is 0 Å². The summed E-state index contributed by atoms with van der Waals surface area (Å²) >= 11 is 0. The van der Waals surface area contributed by atoms with Gasteiger partial charge >= 0.3 is 5.97 Å². The molecule has 0 bridgehead atoms. The van der Waals surface area contributed by atoms with Gasteiger partial charge in [0.1, 0.15) is 5.54 Å². The zero-order valence-corrected chi connectivity index (χ0v) is 9.87. The molecular weight excluding hydrogens is 208 g/mol.